The molecule has 1 atom stereocenters. The summed E-state index contributed by atoms with van der Waals surface area (Å²) >= 11 is 0. The number of piperidine rings is 1. The predicted molar refractivity (Wildman–Crippen MR) is 87.5 cm³/mol. The van der Waals surface area contributed by atoms with Gasteiger partial charge in [0.05, 0.1) is 5.54 Å². The fourth-order valence-electron chi connectivity index (χ4n) is 3.57. The zero-order valence-electron chi connectivity index (χ0n) is 13.4. The lowest BCUT2D eigenvalue weighted by atomic mass is 9.87. The van der Waals surface area contributed by atoms with Gasteiger partial charge in [0.15, 0.2) is 0 Å². The number of hydrogen-bond donors (Lipinski definition) is 1. The number of pyridine rings is 1. The van der Waals surface area contributed by atoms with Gasteiger partial charge in [-0.2, -0.15) is 0 Å². The molecule has 0 spiro atoms. The van der Waals surface area contributed by atoms with Crippen molar-refractivity contribution in [2.75, 3.05) is 24.5 Å². The first-order chi connectivity index (χ1) is 10.6. The van der Waals surface area contributed by atoms with Gasteiger partial charge in [0.1, 0.15) is 5.82 Å². The summed E-state index contributed by atoms with van der Waals surface area (Å²) in [5.41, 5.74) is 6.28. The fraction of sp³-hybridized carbons (Fsp3) is 0.647. The molecule has 1 aromatic heterocycles. The van der Waals surface area contributed by atoms with E-state index in [4.69, 9.17) is 5.73 Å². The third kappa shape index (κ3) is 2.95. The van der Waals surface area contributed by atoms with E-state index < -0.39 is 5.54 Å². The van der Waals surface area contributed by atoms with Crippen molar-refractivity contribution < 1.29 is 4.79 Å². The first kappa shape index (κ1) is 15.3. The zero-order chi connectivity index (χ0) is 15.6. The van der Waals surface area contributed by atoms with Gasteiger partial charge in [0.2, 0.25) is 5.91 Å². The summed E-state index contributed by atoms with van der Waals surface area (Å²) in [4.78, 5) is 21.0. The number of aromatic nitrogens is 1. The third-order valence-corrected chi connectivity index (χ3v) is 5.18. The number of anilines is 1. The van der Waals surface area contributed by atoms with Crippen molar-refractivity contribution in [3.05, 3.63) is 23.9 Å². The summed E-state index contributed by atoms with van der Waals surface area (Å²) in [6.07, 6.45) is 7.51. The molecule has 2 N–H and O–H groups in total. The van der Waals surface area contributed by atoms with Crippen molar-refractivity contribution in [3.8, 4) is 0 Å². The topological polar surface area (TPSA) is 62.5 Å². The molecule has 1 amide bonds. The number of amides is 1. The molecule has 0 bridgehead atoms. The average Bonchev–Trinajstić information content (AvgIpc) is 3.04. The second-order valence-electron chi connectivity index (χ2n) is 6.74. The second-order valence-corrected chi connectivity index (χ2v) is 6.74. The van der Waals surface area contributed by atoms with Crippen LogP contribution in [-0.4, -0.2) is 41.0 Å². The molecule has 0 unspecified atom stereocenters. The first-order valence-corrected chi connectivity index (χ1v) is 8.34. The molecular weight excluding hydrogens is 276 g/mol. The summed E-state index contributed by atoms with van der Waals surface area (Å²) < 4.78 is 0. The van der Waals surface area contributed by atoms with Gasteiger partial charge in [-0.15, -0.1) is 0 Å². The average molecular weight is 302 g/mol. The van der Waals surface area contributed by atoms with E-state index in [9.17, 15) is 4.79 Å². The van der Waals surface area contributed by atoms with Crippen molar-refractivity contribution in [3.63, 3.8) is 0 Å². The van der Waals surface area contributed by atoms with Gasteiger partial charge in [-0.05, 0) is 57.2 Å². The third-order valence-electron chi connectivity index (χ3n) is 5.18. The molecule has 2 aliphatic rings. The van der Waals surface area contributed by atoms with Gasteiger partial charge < -0.3 is 10.6 Å². The fourth-order valence-corrected chi connectivity index (χ4v) is 3.57. The number of carbonyl (C=O) groups is 1. The Bertz CT molecular complexity index is 524. The first-order valence-electron chi connectivity index (χ1n) is 8.34. The van der Waals surface area contributed by atoms with Gasteiger partial charge in [-0.25, -0.2) is 4.98 Å². The monoisotopic (exact) mass is 302 g/mol. The molecule has 2 fully saturated rings. The van der Waals surface area contributed by atoms with E-state index in [0.29, 0.717) is 0 Å². The molecule has 0 aliphatic carbocycles. The predicted octanol–water partition coefficient (Wildman–Crippen LogP) is 1.91. The van der Waals surface area contributed by atoms with Crippen LogP contribution in [0.3, 0.4) is 0 Å². The molecular formula is C17H26N4O. The van der Waals surface area contributed by atoms with Gasteiger partial charge in [-0.3, -0.25) is 9.69 Å². The van der Waals surface area contributed by atoms with Gasteiger partial charge in [-0.1, -0.05) is 6.07 Å². The van der Waals surface area contributed by atoms with Crippen molar-refractivity contribution in [2.45, 2.75) is 51.1 Å². The van der Waals surface area contributed by atoms with Crippen LogP contribution < -0.4 is 10.6 Å². The quantitative estimate of drug-likeness (QED) is 0.923. The van der Waals surface area contributed by atoms with Crippen LogP contribution in [-0.2, 0) is 11.3 Å². The smallest absolute Gasteiger partial charge is 0.237 e. The molecule has 2 saturated heterocycles. The molecule has 3 heterocycles. The Kier molecular flexibility index (Phi) is 4.34. The summed E-state index contributed by atoms with van der Waals surface area (Å²) in [5, 5.41) is 0. The van der Waals surface area contributed by atoms with E-state index in [1.54, 1.807) is 0 Å². The molecule has 0 aromatic carbocycles. The standard InChI is InChI=1S/C17H26N4O/c1-17(16(18)22)8-2-3-11-21(17)13-14-6-7-15(19-12-14)20-9-4-5-10-20/h6-7,12H,2-5,8-11,13H2,1H3,(H2,18,22)/t17-/m1/s1. The number of nitrogens with two attached hydrogens (primary N) is 1. The Hall–Kier alpha value is -1.62. The van der Waals surface area contributed by atoms with Crippen LogP contribution in [0.4, 0.5) is 5.82 Å². The summed E-state index contributed by atoms with van der Waals surface area (Å²) in [6, 6.07) is 4.24. The van der Waals surface area contributed by atoms with E-state index in [0.717, 1.165) is 56.8 Å². The van der Waals surface area contributed by atoms with E-state index >= 15 is 0 Å². The Morgan fingerprint density at radius 1 is 1.23 bits per heavy atom. The lowest BCUT2D eigenvalue weighted by Gasteiger charge is -2.42. The molecule has 5 heteroatoms. The molecule has 2 aliphatic heterocycles. The maximum absolute atomic E-state index is 11.9. The number of carbonyl (C=O) groups excluding carboxylic acids is 1. The van der Waals surface area contributed by atoms with Crippen molar-refractivity contribution in [2.24, 2.45) is 5.73 Å². The van der Waals surface area contributed by atoms with E-state index in [-0.39, 0.29) is 5.91 Å². The highest BCUT2D eigenvalue weighted by Crippen LogP contribution is 2.29. The zero-order valence-corrected chi connectivity index (χ0v) is 13.4. The number of primary amides is 1. The minimum absolute atomic E-state index is 0.214. The SMILES string of the molecule is C[C@]1(C(N)=O)CCCCN1Cc1ccc(N2CCCC2)nc1. The Morgan fingerprint density at radius 2 is 1.95 bits per heavy atom. The molecule has 120 valence electrons. The highest BCUT2D eigenvalue weighted by atomic mass is 16.1. The van der Waals surface area contributed by atoms with Crippen molar-refractivity contribution in [1.82, 2.24) is 9.88 Å². The molecule has 0 radical (unpaired) electrons. The lowest BCUT2D eigenvalue weighted by molar-refractivity contribution is -0.132. The lowest BCUT2D eigenvalue weighted by Crippen LogP contribution is -2.57. The maximum Gasteiger partial charge on any atom is 0.237 e. The Balaban J connectivity index is 1.70. The van der Waals surface area contributed by atoms with Gasteiger partial charge >= 0.3 is 0 Å². The van der Waals surface area contributed by atoms with Crippen LogP contribution in [0.2, 0.25) is 0 Å². The molecule has 22 heavy (non-hydrogen) atoms. The normalized spacial score (nSPS) is 26.3. The summed E-state index contributed by atoms with van der Waals surface area (Å²) in [5.74, 6) is 0.853. The van der Waals surface area contributed by atoms with Gasteiger partial charge in [0.25, 0.3) is 0 Å². The minimum atomic E-state index is -0.522. The summed E-state index contributed by atoms with van der Waals surface area (Å²) in [6.45, 7) is 5.86. The number of likely N-dealkylation sites (tertiary alicyclic amines) is 1. The van der Waals surface area contributed by atoms with Crippen LogP contribution in [0, 0.1) is 0 Å². The molecule has 3 rings (SSSR count). The van der Waals surface area contributed by atoms with Crippen LogP contribution in [0.15, 0.2) is 18.3 Å². The molecule has 0 saturated carbocycles. The molecule has 5 nitrogen and oxygen atoms in total. The van der Waals surface area contributed by atoms with Crippen molar-refractivity contribution in [1.29, 1.82) is 0 Å². The van der Waals surface area contributed by atoms with Crippen LogP contribution in [0.1, 0.15) is 44.6 Å². The summed E-state index contributed by atoms with van der Waals surface area (Å²) in [7, 11) is 0. The maximum atomic E-state index is 11.9. The van der Waals surface area contributed by atoms with Crippen LogP contribution in [0.5, 0.6) is 0 Å². The van der Waals surface area contributed by atoms with E-state index in [1.165, 1.54) is 12.8 Å². The van der Waals surface area contributed by atoms with E-state index in [1.807, 2.05) is 13.1 Å². The van der Waals surface area contributed by atoms with E-state index in [2.05, 4.69) is 26.9 Å². The largest absolute Gasteiger partial charge is 0.368 e. The number of hydrogen-bond acceptors (Lipinski definition) is 4. The Morgan fingerprint density at radius 3 is 2.59 bits per heavy atom. The molecule has 1 aromatic rings. The Labute approximate surface area is 132 Å². The highest BCUT2D eigenvalue weighted by Gasteiger charge is 2.39. The minimum Gasteiger partial charge on any atom is -0.368 e. The number of nitrogens with zero attached hydrogens (tertiary/aromatic N) is 3. The van der Waals surface area contributed by atoms with Crippen LogP contribution >= 0.6 is 0 Å². The number of rotatable bonds is 4. The van der Waals surface area contributed by atoms with Gasteiger partial charge in [0, 0.05) is 25.8 Å². The highest BCUT2D eigenvalue weighted by molar-refractivity contribution is 5.84. The van der Waals surface area contributed by atoms with Crippen molar-refractivity contribution >= 4 is 11.7 Å². The second kappa shape index (κ2) is 6.24. The van der Waals surface area contributed by atoms with Crippen LogP contribution in [0.25, 0.3) is 0 Å².